The zero-order valence-electron chi connectivity index (χ0n) is 8.66. The Balaban J connectivity index is 2.32. The van der Waals surface area contributed by atoms with Crippen molar-refractivity contribution < 1.29 is 20.0 Å². The summed E-state index contributed by atoms with van der Waals surface area (Å²) >= 11 is 4.07. The number of hydrogen-bond acceptors (Lipinski definition) is 8. The molecule has 0 aliphatic rings. The molecule has 17 heavy (non-hydrogen) atoms. The van der Waals surface area contributed by atoms with Gasteiger partial charge in [-0.05, 0) is 0 Å². The molecular weight excluding hydrogens is 284 g/mol. The van der Waals surface area contributed by atoms with Crippen molar-refractivity contribution in [3.05, 3.63) is 12.3 Å². The van der Waals surface area contributed by atoms with E-state index in [4.69, 9.17) is 10.4 Å². The summed E-state index contributed by atoms with van der Waals surface area (Å²) < 4.78 is 1.45. The van der Waals surface area contributed by atoms with Crippen molar-refractivity contribution in [2.75, 3.05) is 11.5 Å². The number of nitrogens with zero attached hydrogens (tertiary/aromatic N) is 2. The van der Waals surface area contributed by atoms with Gasteiger partial charge in [-0.2, -0.15) is 0 Å². The highest BCUT2D eigenvalue weighted by molar-refractivity contribution is 8.03. The van der Waals surface area contributed by atoms with Crippen LogP contribution >= 0.6 is 34.9 Å². The second kappa shape index (κ2) is 7.54. The molecule has 1 heterocycles. The zero-order chi connectivity index (χ0) is 12.7. The molecule has 6 nitrogen and oxygen atoms in total. The lowest BCUT2D eigenvalue weighted by atomic mass is 10.5. The first-order chi connectivity index (χ1) is 8.11. The Labute approximate surface area is 110 Å². The predicted octanol–water partition coefficient (Wildman–Crippen LogP) is 2.20. The van der Waals surface area contributed by atoms with Crippen molar-refractivity contribution >= 4 is 40.8 Å². The molecule has 1 aromatic heterocycles. The third-order valence-electron chi connectivity index (χ3n) is 1.42. The number of carboxylic acids is 1. The molecule has 0 bridgehead atoms. The standard InChI is InChI=1S/C8H10N2O4S3/c1-5(14-13)4-16-8-10-9-7(17-8)15-3-2-6(11)12/h13H,1-4H2,(H,11,12). The average Bonchev–Trinajstić information content (AvgIpc) is 2.73. The smallest absolute Gasteiger partial charge is 0.304 e. The maximum atomic E-state index is 10.3. The van der Waals surface area contributed by atoms with Crippen LogP contribution in [0.3, 0.4) is 0 Å². The van der Waals surface area contributed by atoms with Gasteiger partial charge in [0.25, 0.3) is 0 Å². The second-order valence-electron chi connectivity index (χ2n) is 2.74. The van der Waals surface area contributed by atoms with Gasteiger partial charge < -0.3 is 9.99 Å². The Morgan fingerprint density at radius 2 is 2.06 bits per heavy atom. The molecule has 0 fully saturated rings. The van der Waals surface area contributed by atoms with Crippen molar-refractivity contribution in [3.63, 3.8) is 0 Å². The van der Waals surface area contributed by atoms with Gasteiger partial charge in [0, 0.05) is 5.75 Å². The van der Waals surface area contributed by atoms with Crippen molar-refractivity contribution in [2.45, 2.75) is 15.1 Å². The van der Waals surface area contributed by atoms with Crippen LogP contribution in [-0.4, -0.2) is 38.0 Å². The molecular formula is C8H10N2O4S3. The molecule has 0 aliphatic carbocycles. The monoisotopic (exact) mass is 294 g/mol. The fourth-order valence-electron chi connectivity index (χ4n) is 0.708. The van der Waals surface area contributed by atoms with Gasteiger partial charge in [0.15, 0.2) is 8.68 Å². The lowest BCUT2D eigenvalue weighted by Gasteiger charge is -1.96. The first kappa shape index (κ1) is 14.3. The largest absolute Gasteiger partial charge is 0.481 e. The summed E-state index contributed by atoms with van der Waals surface area (Å²) in [5.74, 6) is 0.282. The van der Waals surface area contributed by atoms with Crippen LogP contribution in [0.5, 0.6) is 0 Å². The molecule has 2 N–H and O–H groups in total. The molecule has 0 amide bonds. The van der Waals surface area contributed by atoms with E-state index in [0.29, 0.717) is 11.5 Å². The first-order valence-electron chi connectivity index (χ1n) is 4.42. The molecule has 0 aliphatic heterocycles. The van der Waals surface area contributed by atoms with Crippen LogP contribution < -0.4 is 0 Å². The molecule has 0 radical (unpaired) electrons. The number of aromatic nitrogens is 2. The third kappa shape index (κ3) is 5.91. The van der Waals surface area contributed by atoms with E-state index in [2.05, 4.69) is 21.7 Å². The van der Waals surface area contributed by atoms with Gasteiger partial charge in [-0.3, -0.25) is 4.79 Å². The van der Waals surface area contributed by atoms with E-state index in [-0.39, 0.29) is 12.2 Å². The molecule has 1 aromatic rings. The minimum absolute atomic E-state index is 0.0991. The number of rotatable bonds is 8. The fraction of sp³-hybridized carbons (Fsp3) is 0.375. The molecule has 94 valence electrons. The van der Waals surface area contributed by atoms with Gasteiger partial charge in [-0.15, -0.1) is 10.2 Å². The summed E-state index contributed by atoms with van der Waals surface area (Å²) in [6, 6.07) is 0. The minimum Gasteiger partial charge on any atom is -0.481 e. The number of hydrogen-bond donors (Lipinski definition) is 2. The minimum atomic E-state index is -0.826. The molecule has 0 unspecified atom stereocenters. The third-order valence-corrected chi connectivity index (χ3v) is 4.67. The Kier molecular flexibility index (Phi) is 6.34. The van der Waals surface area contributed by atoms with Crippen LogP contribution in [0.4, 0.5) is 0 Å². The molecule has 0 spiro atoms. The molecule has 9 heteroatoms. The second-order valence-corrected chi connectivity index (χ2v) is 6.29. The average molecular weight is 294 g/mol. The van der Waals surface area contributed by atoms with Crippen LogP contribution in [0, 0.1) is 0 Å². The van der Waals surface area contributed by atoms with E-state index in [0.717, 1.165) is 8.68 Å². The maximum Gasteiger partial charge on any atom is 0.304 e. The molecule has 0 aromatic carbocycles. The summed E-state index contributed by atoms with van der Waals surface area (Å²) in [7, 11) is 0. The summed E-state index contributed by atoms with van der Waals surface area (Å²) in [4.78, 5) is 14.2. The van der Waals surface area contributed by atoms with Gasteiger partial charge in [-0.25, -0.2) is 5.26 Å². The van der Waals surface area contributed by atoms with E-state index in [9.17, 15) is 4.79 Å². The number of aliphatic carboxylic acids is 1. The van der Waals surface area contributed by atoms with Gasteiger partial charge in [0.1, 0.15) is 5.76 Å². The van der Waals surface area contributed by atoms with E-state index in [1.165, 1.54) is 34.9 Å². The fourth-order valence-corrected chi connectivity index (χ4v) is 3.54. The van der Waals surface area contributed by atoms with Crippen LogP contribution in [0.1, 0.15) is 6.42 Å². The topological polar surface area (TPSA) is 92.5 Å². The Morgan fingerprint density at radius 3 is 2.65 bits per heavy atom. The van der Waals surface area contributed by atoms with Crippen LogP contribution in [0.2, 0.25) is 0 Å². The van der Waals surface area contributed by atoms with Gasteiger partial charge >= 0.3 is 5.97 Å². The van der Waals surface area contributed by atoms with Crippen molar-refractivity contribution in [3.8, 4) is 0 Å². The van der Waals surface area contributed by atoms with Crippen molar-refractivity contribution in [1.29, 1.82) is 0 Å². The number of carboxylic acid groups (broad SMARTS) is 1. The Morgan fingerprint density at radius 1 is 1.41 bits per heavy atom. The quantitative estimate of drug-likeness (QED) is 0.326. The lowest BCUT2D eigenvalue weighted by molar-refractivity contribution is -0.201. The summed E-state index contributed by atoms with van der Waals surface area (Å²) in [6.45, 7) is 3.46. The summed E-state index contributed by atoms with van der Waals surface area (Å²) in [5, 5.41) is 24.6. The summed E-state index contributed by atoms with van der Waals surface area (Å²) in [5.41, 5.74) is 0. The SMILES string of the molecule is C=C(CSc1nnc(SCCC(=O)O)s1)OO. The van der Waals surface area contributed by atoms with E-state index >= 15 is 0 Å². The summed E-state index contributed by atoms with van der Waals surface area (Å²) in [6.07, 6.45) is 0.0991. The van der Waals surface area contributed by atoms with Crippen LogP contribution in [-0.2, 0) is 9.68 Å². The van der Waals surface area contributed by atoms with Gasteiger partial charge in [0.05, 0.1) is 12.2 Å². The maximum absolute atomic E-state index is 10.3. The molecule has 0 atom stereocenters. The molecule has 0 saturated carbocycles. The predicted molar refractivity (Wildman–Crippen MR) is 66.5 cm³/mol. The van der Waals surface area contributed by atoms with E-state index < -0.39 is 5.97 Å². The van der Waals surface area contributed by atoms with E-state index in [1.54, 1.807) is 0 Å². The van der Waals surface area contributed by atoms with Crippen LogP contribution in [0.15, 0.2) is 21.0 Å². The highest BCUT2D eigenvalue weighted by Gasteiger charge is 2.07. The normalized spacial score (nSPS) is 10.2. The zero-order valence-corrected chi connectivity index (χ0v) is 11.1. The molecule has 1 rings (SSSR count). The number of thioether (sulfide) groups is 2. The highest BCUT2D eigenvalue weighted by Crippen LogP contribution is 2.29. The van der Waals surface area contributed by atoms with E-state index in [1.807, 2.05) is 0 Å². The van der Waals surface area contributed by atoms with Gasteiger partial charge in [0.2, 0.25) is 0 Å². The van der Waals surface area contributed by atoms with Crippen LogP contribution in [0.25, 0.3) is 0 Å². The first-order valence-corrected chi connectivity index (χ1v) is 7.20. The Hall–Kier alpha value is -0.770. The van der Waals surface area contributed by atoms with Crippen molar-refractivity contribution in [1.82, 2.24) is 10.2 Å². The number of carbonyl (C=O) groups is 1. The Bertz CT molecular complexity index is 396. The van der Waals surface area contributed by atoms with Crippen molar-refractivity contribution in [2.24, 2.45) is 0 Å². The molecule has 0 saturated heterocycles. The highest BCUT2D eigenvalue weighted by atomic mass is 32.2. The lowest BCUT2D eigenvalue weighted by Crippen LogP contribution is -1.95. The van der Waals surface area contributed by atoms with Gasteiger partial charge in [-0.1, -0.05) is 41.4 Å².